The third-order valence-corrected chi connectivity index (χ3v) is 2.70. The van der Waals surface area contributed by atoms with Crippen LogP contribution in [-0.2, 0) is 4.74 Å². The average molecular weight is 265 g/mol. The molecule has 1 unspecified atom stereocenters. The monoisotopic (exact) mass is 265 g/mol. The quantitative estimate of drug-likeness (QED) is 0.498. The number of aromatic hydroxyl groups is 1. The van der Waals surface area contributed by atoms with Crippen LogP contribution in [0.4, 0.5) is 5.69 Å². The number of carbonyl (C=O) groups is 1. The lowest BCUT2D eigenvalue weighted by Crippen LogP contribution is -2.18. The van der Waals surface area contributed by atoms with Crippen LogP contribution in [0.3, 0.4) is 0 Å². The molecule has 19 heavy (non-hydrogen) atoms. The highest BCUT2D eigenvalue weighted by Gasteiger charge is 2.18. The zero-order chi connectivity index (χ0) is 14.6. The summed E-state index contributed by atoms with van der Waals surface area (Å²) in [5.41, 5.74) is 6.32. The van der Waals surface area contributed by atoms with Gasteiger partial charge in [0.15, 0.2) is 0 Å². The summed E-state index contributed by atoms with van der Waals surface area (Å²) in [6.45, 7) is 8.82. The van der Waals surface area contributed by atoms with E-state index in [4.69, 9.17) is 10.5 Å². The van der Waals surface area contributed by atoms with Gasteiger partial charge >= 0.3 is 5.97 Å². The topological polar surface area (TPSA) is 72.5 Å². The maximum atomic E-state index is 11.9. The number of nitrogens with two attached hydrogens (primary N) is 1. The second-order valence-corrected chi connectivity index (χ2v) is 6.25. The van der Waals surface area contributed by atoms with E-state index in [2.05, 4.69) is 20.8 Å². The van der Waals surface area contributed by atoms with Crippen molar-refractivity contribution in [3.63, 3.8) is 0 Å². The lowest BCUT2D eigenvalue weighted by Gasteiger charge is -2.22. The number of phenols is 1. The van der Waals surface area contributed by atoms with Gasteiger partial charge in [-0.1, -0.05) is 27.7 Å². The molecule has 1 aromatic carbocycles. The third kappa shape index (κ3) is 5.20. The van der Waals surface area contributed by atoms with Crippen molar-refractivity contribution in [1.82, 2.24) is 0 Å². The second-order valence-electron chi connectivity index (χ2n) is 6.25. The number of anilines is 1. The molecule has 3 N–H and O–H groups in total. The molecule has 0 bridgehead atoms. The Morgan fingerprint density at radius 3 is 2.63 bits per heavy atom. The first-order chi connectivity index (χ1) is 8.69. The number of hydrogen-bond acceptors (Lipinski definition) is 4. The Bertz CT molecular complexity index is 449. The van der Waals surface area contributed by atoms with Crippen molar-refractivity contribution in [3.8, 4) is 5.75 Å². The highest BCUT2D eigenvalue weighted by Crippen LogP contribution is 2.25. The van der Waals surface area contributed by atoms with Crippen LogP contribution < -0.4 is 5.73 Å². The van der Waals surface area contributed by atoms with Gasteiger partial charge in [-0.25, -0.2) is 4.79 Å². The fourth-order valence-electron chi connectivity index (χ4n) is 2.12. The van der Waals surface area contributed by atoms with E-state index in [1.54, 1.807) is 0 Å². The molecule has 0 aliphatic heterocycles. The van der Waals surface area contributed by atoms with Gasteiger partial charge < -0.3 is 15.6 Å². The molecule has 0 aromatic heterocycles. The second kappa shape index (κ2) is 5.95. The first-order valence-electron chi connectivity index (χ1n) is 6.44. The van der Waals surface area contributed by atoms with E-state index in [0.717, 1.165) is 6.42 Å². The SMILES string of the molecule is CC(COC(=O)c1cc(N)ccc1O)CC(C)(C)C. The molecule has 0 aliphatic carbocycles. The van der Waals surface area contributed by atoms with Crippen LogP contribution in [0, 0.1) is 11.3 Å². The predicted molar refractivity (Wildman–Crippen MR) is 76.0 cm³/mol. The first kappa shape index (κ1) is 15.3. The average Bonchev–Trinajstić information content (AvgIpc) is 2.27. The molecule has 4 nitrogen and oxygen atoms in total. The molecule has 0 aliphatic rings. The van der Waals surface area contributed by atoms with Gasteiger partial charge in [-0.3, -0.25) is 0 Å². The van der Waals surface area contributed by atoms with Gasteiger partial charge in [0.2, 0.25) is 0 Å². The molecule has 0 amide bonds. The Hall–Kier alpha value is -1.71. The van der Waals surface area contributed by atoms with Crippen LogP contribution in [-0.4, -0.2) is 17.7 Å². The minimum Gasteiger partial charge on any atom is -0.507 e. The number of esters is 1. The standard InChI is InChI=1S/C15H23NO3/c1-10(8-15(2,3)4)9-19-14(18)12-7-11(16)5-6-13(12)17/h5-7,10,17H,8-9,16H2,1-4H3. The molecule has 106 valence electrons. The molecule has 1 rings (SSSR count). The molecule has 1 aromatic rings. The van der Waals surface area contributed by atoms with Gasteiger partial charge in [-0.2, -0.15) is 0 Å². The lowest BCUT2D eigenvalue weighted by atomic mass is 9.86. The number of nitrogen functional groups attached to an aromatic ring is 1. The van der Waals surface area contributed by atoms with Gasteiger partial charge in [-0.15, -0.1) is 0 Å². The number of carbonyl (C=O) groups excluding carboxylic acids is 1. The third-order valence-electron chi connectivity index (χ3n) is 2.70. The summed E-state index contributed by atoms with van der Waals surface area (Å²) >= 11 is 0. The van der Waals surface area contributed by atoms with Crippen LogP contribution in [0.25, 0.3) is 0 Å². The zero-order valence-electron chi connectivity index (χ0n) is 12.1. The Morgan fingerprint density at radius 1 is 1.42 bits per heavy atom. The van der Waals surface area contributed by atoms with E-state index < -0.39 is 5.97 Å². The summed E-state index contributed by atoms with van der Waals surface area (Å²) in [6.07, 6.45) is 0.961. The minimum absolute atomic E-state index is 0.109. The number of benzene rings is 1. The van der Waals surface area contributed by atoms with Crippen molar-refractivity contribution >= 4 is 11.7 Å². The smallest absolute Gasteiger partial charge is 0.341 e. The molecular formula is C15H23NO3. The van der Waals surface area contributed by atoms with E-state index in [1.807, 2.05) is 6.92 Å². The van der Waals surface area contributed by atoms with E-state index in [1.165, 1.54) is 18.2 Å². The summed E-state index contributed by atoms with van der Waals surface area (Å²) < 4.78 is 5.22. The molecule has 0 saturated heterocycles. The van der Waals surface area contributed by atoms with Crippen molar-refractivity contribution < 1.29 is 14.6 Å². The van der Waals surface area contributed by atoms with E-state index >= 15 is 0 Å². The van der Waals surface area contributed by atoms with E-state index in [0.29, 0.717) is 12.3 Å². The number of ether oxygens (including phenoxy) is 1. The molecule has 0 spiro atoms. The molecule has 0 fully saturated rings. The van der Waals surface area contributed by atoms with Crippen molar-refractivity contribution in [3.05, 3.63) is 23.8 Å². The summed E-state index contributed by atoms with van der Waals surface area (Å²) in [7, 11) is 0. The van der Waals surface area contributed by atoms with Crippen molar-refractivity contribution in [2.75, 3.05) is 12.3 Å². The summed E-state index contributed by atoms with van der Waals surface area (Å²) in [5.74, 6) is -0.375. The number of rotatable bonds is 4. The summed E-state index contributed by atoms with van der Waals surface area (Å²) in [5, 5.41) is 9.60. The van der Waals surface area contributed by atoms with Crippen molar-refractivity contribution in [2.45, 2.75) is 34.1 Å². The lowest BCUT2D eigenvalue weighted by molar-refractivity contribution is 0.0417. The molecular weight excluding hydrogens is 242 g/mol. The van der Waals surface area contributed by atoms with E-state index in [9.17, 15) is 9.90 Å². The Balaban J connectivity index is 2.58. The highest BCUT2D eigenvalue weighted by atomic mass is 16.5. The Morgan fingerprint density at radius 2 is 2.05 bits per heavy atom. The number of hydrogen-bond donors (Lipinski definition) is 2. The van der Waals surface area contributed by atoms with Gasteiger partial charge in [-0.05, 0) is 36.0 Å². The van der Waals surface area contributed by atoms with Gasteiger partial charge in [0.1, 0.15) is 11.3 Å². The number of phenolic OH excluding ortho intramolecular Hbond substituents is 1. The molecule has 0 radical (unpaired) electrons. The zero-order valence-corrected chi connectivity index (χ0v) is 12.1. The molecule has 0 saturated carbocycles. The summed E-state index contributed by atoms with van der Waals surface area (Å²) in [6, 6.07) is 4.35. The molecule has 4 heteroatoms. The van der Waals surface area contributed by atoms with Crippen LogP contribution in [0.2, 0.25) is 0 Å². The summed E-state index contributed by atoms with van der Waals surface area (Å²) in [4.78, 5) is 11.9. The van der Waals surface area contributed by atoms with Gasteiger partial charge in [0.05, 0.1) is 6.61 Å². The van der Waals surface area contributed by atoms with Crippen LogP contribution in [0.15, 0.2) is 18.2 Å². The maximum Gasteiger partial charge on any atom is 0.341 e. The fraction of sp³-hybridized carbons (Fsp3) is 0.533. The predicted octanol–water partition coefficient (Wildman–Crippen LogP) is 3.20. The van der Waals surface area contributed by atoms with Gasteiger partial charge in [0, 0.05) is 5.69 Å². The van der Waals surface area contributed by atoms with Crippen molar-refractivity contribution in [1.29, 1.82) is 0 Å². The molecule has 0 heterocycles. The minimum atomic E-state index is -0.537. The van der Waals surface area contributed by atoms with Crippen molar-refractivity contribution in [2.24, 2.45) is 11.3 Å². The fourth-order valence-corrected chi connectivity index (χ4v) is 2.12. The Labute approximate surface area is 114 Å². The largest absolute Gasteiger partial charge is 0.507 e. The first-order valence-corrected chi connectivity index (χ1v) is 6.44. The van der Waals surface area contributed by atoms with Crippen LogP contribution in [0.5, 0.6) is 5.75 Å². The van der Waals surface area contributed by atoms with Gasteiger partial charge in [0.25, 0.3) is 0 Å². The van der Waals surface area contributed by atoms with Crippen LogP contribution in [0.1, 0.15) is 44.5 Å². The normalized spacial score (nSPS) is 13.1. The maximum absolute atomic E-state index is 11.9. The van der Waals surface area contributed by atoms with Crippen LogP contribution >= 0.6 is 0 Å². The Kier molecular flexibility index (Phi) is 4.81. The molecule has 1 atom stereocenters. The highest BCUT2D eigenvalue weighted by molar-refractivity contribution is 5.93. The van der Waals surface area contributed by atoms with E-state index in [-0.39, 0.29) is 22.6 Å².